The van der Waals surface area contributed by atoms with Crippen LogP contribution in [0, 0.1) is 0 Å². The molecule has 2 rings (SSSR count). The van der Waals surface area contributed by atoms with E-state index in [0.29, 0.717) is 11.4 Å². The molecule has 0 spiro atoms. The maximum absolute atomic E-state index is 12.4. The monoisotopic (exact) mass is 347 g/mol. The zero-order chi connectivity index (χ0) is 15.5. The molecule has 114 valence electrons. The van der Waals surface area contributed by atoms with Crippen LogP contribution in [0.5, 0.6) is 0 Å². The van der Waals surface area contributed by atoms with Gasteiger partial charge in [0, 0.05) is 11.6 Å². The molecule has 0 aliphatic heterocycles. The van der Waals surface area contributed by atoms with E-state index >= 15 is 0 Å². The number of hydrogen-bond donors (Lipinski definition) is 1. The summed E-state index contributed by atoms with van der Waals surface area (Å²) in [4.78, 5) is 19.4. The molecule has 2 aromatic heterocycles. The van der Waals surface area contributed by atoms with Crippen LogP contribution in [0.4, 0.5) is 0 Å². The molecule has 0 bridgehead atoms. The van der Waals surface area contributed by atoms with Gasteiger partial charge in [-0.05, 0) is 6.42 Å². The van der Waals surface area contributed by atoms with E-state index in [4.69, 9.17) is 0 Å². The molecule has 2 heterocycles. The van der Waals surface area contributed by atoms with Gasteiger partial charge in [0.15, 0.2) is 9.90 Å². The first kappa shape index (κ1) is 16.0. The highest BCUT2D eigenvalue weighted by molar-refractivity contribution is 7.91. The molecule has 2 aromatic rings. The molecule has 0 amide bonds. The Morgan fingerprint density at radius 1 is 1.43 bits per heavy atom. The van der Waals surface area contributed by atoms with Crippen molar-refractivity contribution in [1.82, 2.24) is 14.7 Å². The summed E-state index contributed by atoms with van der Waals surface area (Å²) in [5, 5.41) is 2.45. The van der Waals surface area contributed by atoms with Crippen molar-refractivity contribution < 1.29 is 17.9 Å². The van der Waals surface area contributed by atoms with E-state index in [9.17, 15) is 13.2 Å². The van der Waals surface area contributed by atoms with Crippen LogP contribution in [-0.4, -0.2) is 31.5 Å². The summed E-state index contributed by atoms with van der Waals surface area (Å²) in [6.45, 7) is 1.85. The molecule has 0 fully saturated rings. The SMILES string of the molecule is CCC(NS(=O)(=O)c1scnc1C(=O)OC)c1nccs1. The fourth-order valence-corrected chi connectivity index (χ4v) is 4.89. The second-order valence-electron chi connectivity index (χ2n) is 3.93. The molecule has 0 saturated heterocycles. The van der Waals surface area contributed by atoms with Gasteiger partial charge in [-0.25, -0.2) is 27.9 Å². The summed E-state index contributed by atoms with van der Waals surface area (Å²) < 4.78 is 31.8. The smallest absolute Gasteiger partial charge is 0.358 e. The number of esters is 1. The first-order chi connectivity index (χ1) is 9.99. The Balaban J connectivity index is 2.30. The van der Waals surface area contributed by atoms with Gasteiger partial charge < -0.3 is 4.74 Å². The lowest BCUT2D eigenvalue weighted by Crippen LogP contribution is -2.29. The van der Waals surface area contributed by atoms with Gasteiger partial charge in [-0.2, -0.15) is 0 Å². The fraction of sp³-hybridized carbons (Fsp3) is 0.364. The van der Waals surface area contributed by atoms with Crippen molar-refractivity contribution in [3.05, 3.63) is 27.8 Å². The average Bonchev–Trinajstić information content (AvgIpc) is 3.14. The summed E-state index contributed by atoms with van der Waals surface area (Å²) >= 11 is 2.24. The van der Waals surface area contributed by atoms with Gasteiger partial charge in [-0.1, -0.05) is 6.92 Å². The van der Waals surface area contributed by atoms with Crippen LogP contribution >= 0.6 is 22.7 Å². The molecular weight excluding hydrogens is 334 g/mol. The summed E-state index contributed by atoms with van der Waals surface area (Å²) in [5.74, 6) is -0.779. The number of hydrogen-bond acceptors (Lipinski definition) is 8. The van der Waals surface area contributed by atoms with Crippen LogP contribution in [0.2, 0.25) is 0 Å². The van der Waals surface area contributed by atoms with Gasteiger partial charge >= 0.3 is 5.97 Å². The van der Waals surface area contributed by atoms with Crippen LogP contribution in [-0.2, 0) is 14.8 Å². The number of aromatic nitrogens is 2. The highest BCUT2D eigenvalue weighted by Crippen LogP contribution is 2.25. The summed E-state index contributed by atoms with van der Waals surface area (Å²) in [6, 6.07) is -0.442. The Morgan fingerprint density at radius 2 is 2.19 bits per heavy atom. The predicted molar refractivity (Wildman–Crippen MR) is 78.9 cm³/mol. The molecule has 1 atom stereocenters. The molecule has 7 nitrogen and oxygen atoms in total. The van der Waals surface area contributed by atoms with Gasteiger partial charge in [-0.15, -0.1) is 22.7 Å². The van der Waals surface area contributed by atoms with Crippen LogP contribution in [0.1, 0.15) is 34.9 Å². The minimum absolute atomic E-state index is 0.149. The molecule has 0 saturated carbocycles. The van der Waals surface area contributed by atoms with Crippen molar-refractivity contribution >= 4 is 38.7 Å². The zero-order valence-corrected chi connectivity index (χ0v) is 13.7. The molecule has 1 N–H and O–H groups in total. The molecule has 0 aliphatic rings. The lowest BCUT2D eigenvalue weighted by atomic mass is 10.3. The third-order valence-electron chi connectivity index (χ3n) is 2.61. The maximum atomic E-state index is 12.4. The standard InChI is InChI=1S/C11H13N3O4S3/c1-3-7(9-12-4-5-19-9)14-21(16,17)11-8(10(15)18-2)13-6-20-11/h4-7,14H,3H2,1-2H3. The zero-order valence-electron chi connectivity index (χ0n) is 11.3. The maximum Gasteiger partial charge on any atom is 0.358 e. The van der Waals surface area contributed by atoms with E-state index in [-0.39, 0.29) is 9.90 Å². The molecule has 0 aliphatic carbocycles. The Labute approximate surface area is 130 Å². The minimum Gasteiger partial charge on any atom is -0.464 e. The van der Waals surface area contributed by atoms with Gasteiger partial charge in [0.05, 0.1) is 18.7 Å². The number of ether oxygens (including phenoxy) is 1. The second kappa shape index (κ2) is 6.60. The van der Waals surface area contributed by atoms with E-state index in [0.717, 1.165) is 11.3 Å². The van der Waals surface area contributed by atoms with Crippen molar-refractivity contribution in [2.45, 2.75) is 23.6 Å². The van der Waals surface area contributed by atoms with Crippen LogP contribution in [0.15, 0.2) is 21.3 Å². The second-order valence-corrected chi connectivity index (χ2v) is 7.62. The van der Waals surface area contributed by atoms with E-state index in [1.807, 2.05) is 6.92 Å². The largest absolute Gasteiger partial charge is 0.464 e. The first-order valence-electron chi connectivity index (χ1n) is 5.93. The molecule has 0 aromatic carbocycles. The third-order valence-corrected chi connectivity index (χ3v) is 6.34. The predicted octanol–water partition coefficient (Wildman–Crippen LogP) is 1.82. The number of carbonyl (C=O) groups excluding carboxylic acids is 1. The van der Waals surface area contributed by atoms with E-state index in [2.05, 4.69) is 19.4 Å². The fourth-order valence-electron chi connectivity index (χ4n) is 1.61. The van der Waals surface area contributed by atoms with Crippen LogP contribution in [0.3, 0.4) is 0 Å². The topological polar surface area (TPSA) is 98.2 Å². The Morgan fingerprint density at radius 3 is 2.76 bits per heavy atom. The van der Waals surface area contributed by atoms with Crippen LogP contribution < -0.4 is 4.72 Å². The Hall–Kier alpha value is -1.36. The highest BCUT2D eigenvalue weighted by atomic mass is 32.2. The minimum atomic E-state index is -3.87. The number of nitrogens with zero attached hydrogens (tertiary/aromatic N) is 2. The van der Waals surface area contributed by atoms with Crippen molar-refractivity contribution in [1.29, 1.82) is 0 Å². The van der Waals surface area contributed by atoms with Gasteiger partial charge in [0.1, 0.15) is 5.01 Å². The lowest BCUT2D eigenvalue weighted by Gasteiger charge is -2.14. The Kier molecular flexibility index (Phi) is 5.04. The van der Waals surface area contributed by atoms with Crippen molar-refractivity contribution in [2.24, 2.45) is 0 Å². The van der Waals surface area contributed by atoms with E-state index < -0.39 is 22.0 Å². The van der Waals surface area contributed by atoms with Gasteiger partial charge in [-0.3, -0.25) is 0 Å². The van der Waals surface area contributed by atoms with E-state index in [1.165, 1.54) is 24.0 Å². The van der Waals surface area contributed by atoms with Crippen LogP contribution in [0.25, 0.3) is 0 Å². The number of nitrogens with one attached hydrogen (secondary N) is 1. The molecule has 1 unspecified atom stereocenters. The van der Waals surface area contributed by atoms with Gasteiger partial charge in [0.25, 0.3) is 10.0 Å². The average molecular weight is 347 g/mol. The number of methoxy groups -OCH3 is 1. The Bertz CT molecular complexity index is 709. The summed E-state index contributed by atoms with van der Waals surface area (Å²) in [7, 11) is -2.69. The number of rotatable bonds is 6. The van der Waals surface area contributed by atoms with Crippen molar-refractivity contribution in [3.8, 4) is 0 Å². The number of carbonyl (C=O) groups is 1. The number of thiazole rings is 2. The molecule has 10 heteroatoms. The normalized spacial score (nSPS) is 13.0. The van der Waals surface area contributed by atoms with E-state index in [1.54, 1.807) is 11.6 Å². The summed E-state index contributed by atoms with van der Waals surface area (Å²) in [5.41, 5.74) is 1.09. The van der Waals surface area contributed by atoms with Gasteiger partial charge in [0.2, 0.25) is 0 Å². The number of sulfonamides is 1. The quantitative estimate of drug-likeness (QED) is 0.800. The molecular formula is C11H13N3O4S3. The van der Waals surface area contributed by atoms with Crippen molar-refractivity contribution in [3.63, 3.8) is 0 Å². The molecule has 0 radical (unpaired) electrons. The van der Waals surface area contributed by atoms with Crippen molar-refractivity contribution in [2.75, 3.05) is 7.11 Å². The highest BCUT2D eigenvalue weighted by Gasteiger charge is 2.29. The first-order valence-corrected chi connectivity index (χ1v) is 9.17. The lowest BCUT2D eigenvalue weighted by molar-refractivity contribution is 0.0590. The third kappa shape index (κ3) is 3.46. The summed E-state index contributed by atoms with van der Waals surface area (Å²) in [6.07, 6.45) is 2.16. The molecule has 21 heavy (non-hydrogen) atoms.